The van der Waals surface area contributed by atoms with Gasteiger partial charge in [0.1, 0.15) is 34.0 Å². The minimum absolute atomic E-state index is 0.0980. The van der Waals surface area contributed by atoms with Gasteiger partial charge in [0.05, 0.1) is 18.2 Å². The van der Waals surface area contributed by atoms with Gasteiger partial charge in [-0.3, -0.25) is 0 Å². The second kappa shape index (κ2) is 8.59. The van der Waals surface area contributed by atoms with Crippen molar-refractivity contribution in [1.29, 1.82) is 0 Å². The van der Waals surface area contributed by atoms with E-state index in [9.17, 15) is 5.11 Å². The highest BCUT2D eigenvalue weighted by molar-refractivity contribution is 6.32. The Hall–Kier alpha value is -2.96. The highest BCUT2D eigenvalue weighted by Crippen LogP contribution is 2.29. The van der Waals surface area contributed by atoms with Crippen molar-refractivity contribution in [3.8, 4) is 22.9 Å². The van der Waals surface area contributed by atoms with E-state index < -0.39 is 0 Å². The summed E-state index contributed by atoms with van der Waals surface area (Å²) in [4.78, 5) is 1.53. The van der Waals surface area contributed by atoms with Crippen LogP contribution in [0.25, 0.3) is 16.7 Å². The zero-order valence-corrected chi connectivity index (χ0v) is 16.8. The maximum absolute atomic E-state index is 9.38. The molecular formula is C21H17Cl2N3O3. The molecule has 1 N–H and O–H groups in total. The van der Waals surface area contributed by atoms with E-state index in [4.69, 9.17) is 32.7 Å². The first-order valence-corrected chi connectivity index (χ1v) is 9.72. The molecule has 6 nitrogen and oxygen atoms in total. The van der Waals surface area contributed by atoms with Crippen molar-refractivity contribution in [1.82, 2.24) is 15.0 Å². The lowest BCUT2D eigenvalue weighted by Crippen LogP contribution is -2.08. The fourth-order valence-corrected chi connectivity index (χ4v) is 3.16. The van der Waals surface area contributed by atoms with Crippen LogP contribution in [0.1, 0.15) is 6.42 Å². The van der Waals surface area contributed by atoms with Crippen LogP contribution >= 0.6 is 23.2 Å². The summed E-state index contributed by atoms with van der Waals surface area (Å²) in [6.07, 6.45) is 0.633. The molecule has 0 spiro atoms. The summed E-state index contributed by atoms with van der Waals surface area (Å²) >= 11 is 12.2. The van der Waals surface area contributed by atoms with E-state index in [0.717, 1.165) is 11.0 Å². The molecule has 29 heavy (non-hydrogen) atoms. The highest BCUT2D eigenvalue weighted by atomic mass is 35.5. The van der Waals surface area contributed by atoms with E-state index in [1.54, 1.807) is 24.3 Å². The molecule has 1 aromatic heterocycles. The summed E-state index contributed by atoms with van der Waals surface area (Å²) in [5.41, 5.74) is 2.24. The molecule has 4 aromatic rings. The Morgan fingerprint density at radius 2 is 1.48 bits per heavy atom. The van der Waals surface area contributed by atoms with Gasteiger partial charge in [0.15, 0.2) is 0 Å². The molecule has 0 unspecified atom stereocenters. The van der Waals surface area contributed by atoms with E-state index >= 15 is 0 Å². The number of hydrogen-bond donors (Lipinski definition) is 1. The molecular weight excluding hydrogens is 413 g/mol. The summed E-state index contributed by atoms with van der Waals surface area (Å²) in [5.74, 6) is 1.24. The topological polar surface area (TPSA) is 69.4 Å². The van der Waals surface area contributed by atoms with Gasteiger partial charge in [-0.2, -0.15) is 0 Å². The van der Waals surface area contributed by atoms with Crippen molar-refractivity contribution in [3.05, 3.63) is 70.7 Å². The fourth-order valence-electron chi connectivity index (χ4n) is 2.77. The first-order chi connectivity index (χ1) is 14.1. The lowest BCUT2D eigenvalue weighted by Gasteiger charge is -2.12. The van der Waals surface area contributed by atoms with Crippen LogP contribution in [0.3, 0.4) is 0 Å². The molecule has 0 fully saturated rings. The molecule has 0 bridgehead atoms. The van der Waals surface area contributed by atoms with Crippen LogP contribution in [0.5, 0.6) is 17.2 Å². The number of aromatic hydroxyl groups is 1. The number of ether oxygens (including phenoxy) is 2. The zero-order valence-electron chi connectivity index (χ0n) is 15.3. The average molecular weight is 430 g/mol. The molecule has 0 aliphatic carbocycles. The predicted octanol–water partition coefficient (Wildman–Crippen LogP) is 5.28. The van der Waals surface area contributed by atoms with Crippen LogP contribution in [0.4, 0.5) is 0 Å². The van der Waals surface area contributed by atoms with E-state index in [0.29, 0.717) is 46.9 Å². The second-order valence-corrected chi connectivity index (χ2v) is 7.10. The minimum atomic E-state index is 0.0980. The van der Waals surface area contributed by atoms with Gasteiger partial charge in [-0.1, -0.05) is 35.3 Å². The number of aromatic nitrogens is 3. The first kappa shape index (κ1) is 19.4. The smallest absolute Gasteiger partial charge is 0.146 e. The summed E-state index contributed by atoms with van der Waals surface area (Å²) in [5, 5.41) is 19.3. The van der Waals surface area contributed by atoms with E-state index in [-0.39, 0.29) is 5.75 Å². The Morgan fingerprint density at radius 3 is 2.17 bits per heavy atom. The van der Waals surface area contributed by atoms with Crippen molar-refractivity contribution in [2.45, 2.75) is 6.42 Å². The van der Waals surface area contributed by atoms with Crippen LogP contribution in [0.2, 0.25) is 10.0 Å². The van der Waals surface area contributed by atoms with Crippen LogP contribution in [-0.2, 0) is 0 Å². The van der Waals surface area contributed by atoms with Crippen LogP contribution in [0.15, 0.2) is 60.7 Å². The minimum Gasteiger partial charge on any atom is -0.508 e. The average Bonchev–Trinajstić information content (AvgIpc) is 3.14. The van der Waals surface area contributed by atoms with Gasteiger partial charge in [0.25, 0.3) is 0 Å². The van der Waals surface area contributed by atoms with Gasteiger partial charge in [-0.05, 0) is 42.5 Å². The Kier molecular flexibility index (Phi) is 5.74. The number of fused-ring (bicyclic) bond motifs is 1. The van der Waals surface area contributed by atoms with Gasteiger partial charge in [0.2, 0.25) is 0 Å². The Balaban J connectivity index is 1.41. The number of nitrogens with zero attached hydrogens (tertiary/aromatic N) is 3. The third-order valence-corrected chi connectivity index (χ3v) is 4.67. The lowest BCUT2D eigenvalue weighted by molar-refractivity contribution is 0.246. The third kappa shape index (κ3) is 4.55. The molecule has 0 amide bonds. The molecule has 0 saturated carbocycles. The molecule has 0 atom stereocenters. The van der Waals surface area contributed by atoms with Gasteiger partial charge in [-0.15, -0.1) is 15.0 Å². The van der Waals surface area contributed by atoms with Crippen molar-refractivity contribution in [2.24, 2.45) is 0 Å². The Morgan fingerprint density at radius 1 is 0.828 bits per heavy atom. The number of rotatable bonds is 7. The lowest BCUT2D eigenvalue weighted by atomic mass is 10.3. The van der Waals surface area contributed by atoms with E-state index in [1.807, 2.05) is 24.3 Å². The van der Waals surface area contributed by atoms with Gasteiger partial charge in [0, 0.05) is 17.5 Å². The summed E-state index contributed by atoms with van der Waals surface area (Å²) in [6.45, 7) is 0.836. The molecule has 0 saturated heterocycles. The van der Waals surface area contributed by atoms with Gasteiger partial charge >= 0.3 is 0 Å². The van der Waals surface area contributed by atoms with Crippen LogP contribution in [-0.4, -0.2) is 33.3 Å². The molecule has 8 heteroatoms. The quantitative estimate of drug-likeness (QED) is 0.404. The second-order valence-electron chi connectivity index (χ2n) is 6.26. The first-order valence-electron chi connectivity index (χ1n) is 8.96. The van der Waals surface area contributed by atoms with E-state index in [2.05, 4.69) is 10.2 Å². The van der Waals surface area contributed by atoms with Crippen LogP contribution in [0, 0.1) is 0 Å². The molecule has 0 radical (unpaired) electrons. The number of hydrogen-bond acceptors (Lipinski definition) is 5. The van der Waals surface area contributed by atoms with Crippen molar-refractivity contribution in [2.75, 3.05) is 13.2 Å². The van der Waals surface area contributed by atoms with E-state index in [1.165, 1.54) is 16.9 Å². The predicted molar refractivity (Wildman–Crippen MR) is 113 cm³/mol. The number of benzene rings is 3. The van der Waals surface area contributed by atoms with Crippen LogP contribution < -0.4 is 9.47 Å². The summed E-state index contributed by atoms with van der Waals surface area (Å²) in [6, 6.07) is 17.5. The normalized spacial score (nSPS) is 11.0. The third-order valence-electron chi connectivity index (χ3n) is 4.14. The standard InChI is InChI=1S/C21H17Cl2N3O3/c22-14-6-8-21(19(12-14)26-24-17-4-1-2-5-18(17)25-26)29-11-3-10-28-20-9-7-15(27)13-16(20)23/h1-2,4-9,12-13,27H,3,10-11H2. The van der Waals surface area contributed by atoms with Crippen molar-refractivity contribution >= 4 is 34.2 Å². The molecule has 0 aliphatic heterocycles. The Labute approximate surface area is 177 Å². The van der Waals surface area contributed by atoms with Gasteiger partial charge in [-0.25, -0.2) is 0 Å². The SMILES string of the molecule is Oc1ccc(OCCCOc2ccc(Cl)cc2-n2nc3ccccc3n2)c(Cl)c1. The maximum atomic E-state index is 9.38. The molecule has 0 aliphatic rings. The Bertz CT molecular complexity index is 1110. The maximum Gasteiger partial charge on any atom is 0.146 e. The van der Waals surface area contributed by atoms with Crippen molar-refractivity contribution < 1.29 is 14.6 Å². The monoisotopic (exact) mass is 429 g/mol. The number of phenolic OH excluding ortho intramolecular Hbond substituents is 1. The number of phenols is 1. The zero-order chi connectivity index (χ0) is 20.2. The molecule has 3 aromatic carbocycles. The number of halogens is 2. The van der Waals surface area contributed by atoms with Crippen molar-refractivity contribution in [3.63, 3.8) is 0 Å². The molecule has 148 valence electrons. The molecule has 1 heterocycles. The summed E-state index contributed by atoms with van der Waals surface area (Å²) in [7, 11) is 0. The fraction of sp³-hybridized carbons (Fsp3) is 0.143. The summed E-state index contributed by atoms with van der Waals surface area (Å²) < 4.78 is 11.5. The highest BCUT2D eigenvalue weighted by Gasteiger charge is 2.11. The van der Waals surface area contributed by atoms with Gasteiger partial charge < -0.3 is 14.6 Å². The molecule has 4 rings (SSSR count). The largest absolute Gasteiger partial charge is 0.508 e.